The minimum atomic E-state index is -0.227. The summed E-state index contributed by atoms with van der Waals surface area (Å²) in [6.45, 7) is 2.80. The molecule has 0 amide bonds. The highest BCUT2D eigenvalue weighted by molar-refractivity contribution is 6.17. The number of hydrogen-bond donors (Lipinski definition) is 0. The van der Waals surface area contributed by atoms with Crippen molar-refractivity contribution in [1.82, 2.24) is 0 Å². The van der Waals surface area contributed by atoms with Crippen LogP contribution in [0, 0.1) is 5.82 Å². The highest BCUT2D eigenvalue weighted by atomic mass is 35.5. The first-order valence-electron chi connectivity index (χ1n) is 5.93. The minimum Gasteiger partial charge on any atom is -0.341 e. The highest BCUT2D eigenvalue weighted by Crippen LogP contribution is 2.29. The summed E-state index contributed by atoms with van der Waals surface area (Å²) in [5.41, 5.74) is 2.92. The summed E-state index contributed by atoms with van der Waals surface area (Å²) in [6, 6.07) is 14.5. The maximum absolute atomic E-state index is 13.3. The summed E-state index contributed by atoms with van der Waals surface area (Å²) < 4.78 is 13.3. The third-order valence-corrected chi connectivity index (χ3v) is 3.15. The smallest absolute Gasteiger partial charge is 0.125 e. The van der Waals surface area contributed by atoms with Crippen molar-refractivity contribution in [2.24, 2.45) is 0 Å². The summed E-state index contributed by atoms with van der Waals surface area (Å²) in [6.07, 6.45) is 0. The van der Waals surface area contributed by atoms with E-state index in [9.17, 15) is 4.39 Å². The maximum Gasteiger partial charge on any atom is 0.125 e. The SMILES string of the molecule is CCN(c1cccc(F)c1)c1ccccc1CCl. The molecule has 0 aliphatic carbocycles. The Labute approximate surface area is 112 Å². The van der Waals surface area contributed by atoms with Crippen LogP contribution in [-0.4, -0.2) is 6.54 Å². The molecule has 18 heavy (non-hydrogen) atoms. The lowest BCUT2D eigenvalue weighted by atomic mass is 10.1. The van der Waals surface area contributed by atoms with Crippen molar-refractivity contribution >= 4 is 23.0 Å². The number of halogens is 2. The number of hydrogen-bond acceptors (Lipinski definition) is 1. The minimum absolute atomic E-state index is 0.227. The molecule has 0 saturated heterocycles. The molecule has 2 aromatic carbocycles. The van der Waals surface area contributed by atoms with E-state index >= 15 is 0 Å². The number of alkyl halides is 1. The molecule has 0 fully saturated rings. The molecular weight excluding hydrogens is 249 g/mol. The second kappa shape index (κ2) is 5.87. The molecule has 0 saturated carbocycles. The normalized spacial score (nSPS) is 10.4. The van der Waals surface area contributed by atoms with Gasteiger partial charge in [-0.25, -0.2) is 4.39 Å². The summed E-state index contributed by atoms with van der Waals surface area (Å²) in [5, 5.41) is 0. The van der Waals surface area contributed by atoms with E-state index in [1.54, 1.807) is 6.07 Å². The van der Waals surface area contributed by atoms with E-state index in [1.807, 2.05) is 37.3 Å². The van der Waals surface area contributed by atoms with Crippen molar-refractivity contribution in [1.29, 1.82) is 0 Å². The molecule has 2 aromatic rings. The van der Waals surface area contributed by atoms with Gasteiger partial charge in [-0.1, -0.05) is 24.3 Å². The van der Waals surface area contributed by atoms with E-state index in [-0.39, 0.29) is 5.82 Å². The third-order valence-electron chi connectivity index (χ3n) is 2.86. The van der Waals surface area contributed by atoms with Gasteiger partial charge in [-0.05, 0) is 36.8 Å². The fourth-order valence-electron chi connectivity index (χ4n) is 2.02. The second-order valence-corrected chi connectivity index (χ2v) is 4.25. The summed E-state index contributed by atoms with van der Waals surface area (Å²) in [4.78, 5) is 2.06. The molecule has 0 atom stereocenters. The van der Waals surface area contributed by atoms with Crippen LogP contribution in [0.2, 0.25) is 0 Å². The number of anilines is 2. The maximum atomic E-state index is 13.3. The van der Waals surface area contributed by atoms with Gasteiger partial charge in [-0.3, -0.25) is 0 Å². The van der Waals surface area contributed by atoms with E-state index in [1.165, 1.54) is 12.1 Å². The van der Waals surface area contributed by atoms with Crippen molar-refractivity contribution in [3.8, 4) is 0 Å². The average Bonchev–Trinajstić information content (AvgIpc) is 2.40. The van der Waals surface area contributed by atoms with Crippen LogP contribution in [0.3, 0.4) is 0 Å². The van der Waals surface area contributed by atoms with Crippen molar-refractivity contribution in [2.45, 2.75) is 12.8 Å². The molecule has 0 radical (unpaired) electrons. The van der Waals surface area contributed by atoms with Crippen LogP contribution in [0.5, 0.6) is 0 Å². The fourth-order valence-corrected chi connectivity index (χ4v) is 2.25. The number of para-hydroxylation sites is 1. The Morgan fingerprint density at radius 1 is 1.11 bits per heavy atom. The molecule has 0 aliphatic rings. The van der Waals surface area contributed by atoms with Gasteiger partial charge in [0.15, 0.2) is 0 Å². The Balaban J connectivity index is 2.45. The van der Waals surface area contributed by atoms with Gasteiger partial charge in [0.1, 0.15) is 5.82 Å². The van der Waals surface area contributed by atoms with Crippen LogP contribution in [0.4, 0.5) is 15.8 Å². The second-order valence-electron chi connectivity index (χ2n) is 3.99. The van der Waals surface area contributed by atoms with Gasteiger partial charge in [-0.15, -0.1) is 11.6 Å². The van der Waals surface area contributed by atoms with Gasteiger partial charge in [0, 0.05) is 23.8 Å². The van der Waals surface area contributed by atoms with Gasteiger partial charge in [0.2, 0.25) is 0 Å². The molecule has 2 rings (SSSR count). The standard InChI is InChI=1S/C15H15ClFN/c1-2-18(14-8-5-7-13(17)10-14)15-9-4-3-6-12(15)11-16/h3-10H,2,11H2,1H3. The Bertz CT molecular complexity index is 527. The predicted octanol–water partition coefficient (Wildman–Crippen LogP) is 4.72. The van der Waals surface area contributed by atoms with Gasteiger partial charge in [-0.2, -0.15) is 0 Å². The first-order chi connectivity index (χ1) is 8.76. The van der Waals surface area contributed by atoms with Crippen molar-refractivity contribution in [2.75, 3.05) is 11.4 Å². The van der Waals surface area contributed by atoms with E-state index in [2.05, 4.69) is 4.90 Å². The number of rotatable bonds is 4. The molecule has 94 valence electrons. The van der Waals surface area contributed by atoms with Crippen molar-refractivity contribution in [3.63, 3.8) is 0 Å². The molecule has 0 bridgehead atoms. The van der Waals surface area contributed by atoms with Gasteiger partial charge in [0.25, 0.3) is 0 Å². The Morgan fingerprint density at radius 2 is 1.89 bits per heavy atom. The summed E-state index contributed by atoms with van der Waals surface area (Å²) >= 11 is 5.95. The lowest BCUT2D eigenvalue weighted by molar-refractivity contribution is 0.627. The van der Waals surface area contributed by atoms with Gasteiger partial charge >= 0.3 is 0 Å². The van der Waals surface area contributed by atoms with E-state index in [0.717, 1.165) is 23.5 Å². The zero-order valence-corrected chi connectivity index (χ0v) is 11.0. The van der Waals surface area contributed by atoms with Gasteiger partial charge < -0.3 is 4.90 Å². The first kappa shape index (κ1) is 12.9. The van der Waals surface area contributed by atoms with E-state index < -0.39 is 0 Å². The lowest BCUT2D eigenvalue weighted by Gasteiger charge is -2.25. The van der Waals surface area contributed by atoms with Crippen LogP contribution in [-0.2, 0) is 5.88 Å². The lowest BCUT2D eigenvalue weighted by Crippen LogP contribution is -2.17. The highest BCUT2D eigenvalue weighted by Gasteiger charge is 2.11. The Morgan fingerprint density at radius 3 is 2.56 bits per heavy atom. The molecule has 0 aliphatic heterocycles. The van der Waals surface area contributed by atoms with Crippen LogP contribution < -0.4 is 4.90 Å². The first-order valence-corrected chi connectivity index (χ1v) is 6.46. The Kier molecular flexibility index (Phi) is 4.21. The van der Waals surface area contributed by atoms with E-state index in [4.69, 9.17) is 11.6 Å². The van der Waals surface area contributed by atoms with Gasteiger partial charge in [0.05, 0.1) is 0 Å². The summed E-state index contributed by atoms with van der Waals surface area (Å²) in [5.74, 6) is 0.219. The monoisotopic (exact) mass is 263 g/mol. The zero-order chi connectivity index (χ0) is 13.0. The van der Waals surface area contributed by atoms with E-state index in [0.29, 0.717) is 5.88 Å². The average molecular weight is 264 g/mol. The molecular formula is C15H15ClFN. The number of benzene rings is 2. The quantitative estimate of drug-likeness (QED) is 0.722. The molecule has 0 unspecified atom stereocenters. The molecule has 0 N–H and O–H groups in total. The fraction of sp³-hybridized carbons (Fsp3) is 0.200. The van der Waals surface area contributed by atoms with Crippen molar-refractivity contribution < 1.29 is 4.39 Å². The number of nitrogens with zero attached hydrogens (tertiary/aromatic N) is 1. The van der Waals surface area contributed by atoms with Crippen LogP contribution in [0.15, 0.2) is 48.5 Å². The largest absolute Gasteiger partial charge is 0.341 e. The molecule has 0 spiro atoms. The van der Waals surface area contributed by atoms with Crippen LogP contribution in [0.25, 0.3) is 0 Å². The molecule has 1 nitrogen and oxygen atoms in total. The van der Waals surface area contributed by atoms with Crippen LogP contribution >= 0.6 is 11.6 Å². The molecule has 0 heterocycles. The van der Waals surface area contributed by atoms with Crippen LogP contribution in [0.1, 0.15) is 12.5 Å². The summed E-state index contributed by atoms with van der Waals surface area (Å²) in [7, 11) is 0. The van der Waals surface area contributed by atoms with Crippen molar-refractivity contribution in [3.05, 3.63) is 59.9 Å². The zero-order valence-electron chi connectivity index (χ0n) is 10.2. The molecule has 0 aromatic heterocycles. The predicted molar refractivity (Wildman–Crippen MR) is 75.1 cm³/mol. The Hall–Kier alpha value is -1.54. The molecule has 3 heteroatoms. The topological polar surface area (TPSA) is 3.24 Å². The third kappa shape index (κ3) is 2.65.